The van der Waals surface area contributed by atoms with Crippen LogP contribution in [0.1, 0.15) is 27.6 Å². The summed E-state index contributed by atoms with van der Waals surface area (Å²) < 4.78 is 9.99. The van der Waals surface area contributed by atoms with Gasteiger partial charge in [0.2, 0.25) is 5.91 Å². The zero-order chi connectivity index (χ0) is 19.3. The van der Waals surface area contributed by atoms with Crippen LogP contribution in [0.15, 0.2) is 42.5 Å². The molecule has 0 heterocycles. The lowest BCUT2D eigenvalue weighted by molar-refractivity contribution is -0.123. The molecule has 0 unspecified atom stereocenters. The molecule has 4 N–H and O–H groups in total. The molecular weight excluding hydrogens is 340 g/mol. The summed E-state index contributed by atoms with van der Waals surface area (Å²) in [6.07, 6.45) is -1.11. The molecule has 0 saturated heterocycles. The second kappa shape index (κ2) is 8.02. The van der Waals surface area contributed by atoms with Crippen molar-refractivity contribution in [3.05, 3.63) is 53.6 Å². The third-order valence-electron chi connectivity index (χ3n) is 3.51. The molecule has 1 atom stereocenters. The lowest BCUT2D eigenvalue weighted by Gasteiger charge is -2.14. The van der Waals surface area contributed by atoms with Gasteiger partial charge < -0.3 is 25.6 Å². The van der Waals surface area contributed by atoms with Crippen molar-refractivity contribution in [1.29, 1.82) is 0 Å². The Kier molecular flexibility index (Phi) is 5.79. The van der Waals surface area contributed by atoms with Gasteiger partial charge in [0.1, 0.15) is 17.1 Å². The first kappa shape index (κ1) is 18.8. The molecule has 0 aliphatic heterocycles. The molecular formula is C18H18N2O6. The molecule has 0 aromatic heterocycles. The van der Waals surface area contributed by atoms with Crippen molar-refractivity contribution in [2.24, 2.45) is 5.73 Å². The van der Waals surface area contributed by atoms with Gasteiger partial charge in [0.25, 0.3) is 5.91 Å². The maximum atomic E-state index is 12.1. The van der Waals surface area contributed by atoms with Gasteiger partial charge in [-0.25, -0.2) is 4.79 Å². The average molecular weight is 358 g/mol. The Morgan fingerprint density at radius 3 is 2.31 bits per heavy atom. The average Bonchev–Trinajstić information content (AvgIpc) is 2.61. The first-order valence-electron chi connectivity index (χ1n) is 7.60. The van der Waals surface area contributed by atoms with E-state index in [1.54, 1.807) is 0 Å². The number of esters is 1. The summed E-state index contributed by atoms with van der Waals surface area (Å²) >= 11 is 0. The van der Waals surface area contributed by atoms with E-state index in [0.29, 0.717) is 17.0 Å². The molecule has 2 aromatic rings. The fourth-order valence-corrected chi connectivity index (χ4v) is 2.05. The number of amides is 2. The van der Waals surface area contributed by atoms with Crippen molar-refractivity contribution in [2.45, 2.75) is 13.0 Å². The Morgan fingerprint density at radius 2 is 1.77 bits per heavy atom. The Bertz CT molecular complexity index is 832. The van der Waals surface area contributed by atoms with Crippen molar-refractivity contribution in [3.8, 4) is 11.5 Å². The summed E-state index contributed by atoms with van der Waals surface area (Å²) in [4.78, 5) is 35.2. The number of hydrogen-bond acceptors (Lipinski definition) is 6. The molecule has 2 aromatic carbocycles. The van der Waals surface area contributed by atoms with Gasteiger partial charge in [0.15, 0.2) is 6.10 Å². The number of aromatic hydroxyl groups is 1. The monoisotopic (exact) mass is 358 g/mol. The molecule has 2 amide bonds. The molecule has 0 spiro atoms. The van der Waals surface area contributed by atoms with E-state index in [1.165, 1.54) is 56.5 Å². The van der Waals surface area contributed by atoms with Crippen LogP contribution < -0.4 is 15.8 Å². The molecule has 0 fully saturated rings. The number of ether oxygens (including phenoxy) is 2. The third kappa shape index (κ3) is 4.50. The highest BCUT2D eigenvalue weighted by atomic mass is 16.5. The van der Waals surface area contributed by atoms with Gasteiger partial charge in [-0.05, 0) is 43.3 Å². The van der Waals surface area contributed by atoms with Gasteiger partial charge in [-0.1, -0.05) is 0 Å². The molecule has 136 valence electrons. The van der Waals surface area contributed by atoms with E-state index < -0.39 is 23.9 Å². The number of primary amides is 1. The van der Waals surface area contributed by atoms with Gasteiger partial charge in [-0.3, -0.25) is 9.59 Å². The largest absolute Gasteiger partial charge is 0.507 e. The highest BCUT2D eigenvalue weighted by molar-refractivity contribution is 5.99. The van der Waals surface area contributed by atoms with E-state index in [4.69, 9.17) is 15.2 Å². The lowest BCUT2D eigenvalue weighted by Crippen LogP contribution is -2.30. The zero-order valence-electron chi connectivity index (χ0n) is 14.2. The number of nitrogens with two attached hydrogens (primary N) is 1. The molecule has 0 aliphatic rings. The van der Waals surface area contributed by atoms with E-state index in [-0.39, 0.29) is 11.3 Å². The van der Waals surface area contributed by atoms with Crippen LogP contribution in [0.4, 0.5) is 5.69 Å². The lowest BCUT2D eigenvalue weighted by atomic mass is 10.2. The second-order valence-electron chi connectivity index (χ2n) is 5.36. The van der Waals surface area contributed by atoms with Crippen LogP contribution in [0.2, 0.25) is 0 Å². The summed E-state index contributed by atoms with van der Waals surface area (Å²) in [6, 6.07) is 10.0. The van der Waals surface area contributed by atoms with Crippen molar-refractivity contribution in [3.63, 3.8) is 0 Å². The Balaban J connectivity index is 1.99. The number of benzene rings is 2. The van der Waals surface area contributed by atoms with Gasteiger partial charge >= 0.3 is 5.97 Å². The fourth-order valence-electron chi connectivity index (χ4n) is 2.05. The Labute approximate surface area is 149 Å². The van der Waals surface area contributed by atoms with E-state index in [2.05, 4.69) is 5.32 Å². The maximum Gasteiger partial charge on any atom is 0.342 e. The highest BCUT2D eigenvalue weighted by Gasteiger charge is 2.21. The number of nitrogens with one attached hydrogen (secondary N) is 1. The van der Waals surface area contributed by atoms with Crippen LogP contribution in [0, 0.1) is 0 Å². The Morgan fingerprint density at radius 1 is 1.12 bits per heavy atom. The summed E-state index contributed by atoms with van der Waals surface area (Å²) in [5, 5.41) is 12.4. The van der Waals surface area contributed by atoms with Gasteiger partial charge in [0.05, 0.1) is 7.11 Å². The van der Waals surface area contributed by atoms with E-state index >= 15 is 0 Å². The minimum absolute atomic E-state index is 0.0868. The standard InChI is InChI=1S/C18H18N2O6/c1-10(17(23)20-12-5-3-11(4-6-12)16(19)22)26-18(24)14-8-7-13(25-2)9-15(14)21/h3-10,21H,1-2H3,(H2,19,22)(H,20,23)/t10-/m0/s1. The molecule has 2 rings (SSSR count). The molecule has 0 radical (unpaired) electrons. The highest BCUT2D eigenvalue weighted by Crippen LogP contribution is 2.24. The molecule has 0 saturated carbocycles. The molecule has 0 bridgehead atoms. The van der Waals surface area contributed by atoms with Crippen molar-refractivity contribution >= 4 is 23.5 Å². The molecule has 8 heteroatoms. The number of methoxy groups -OCH3 is 1. The fraction of sp³-hybridized carbons (Fsp3) is 0.167. The number of carbonyl (C=O) groups is 3. The number of phenols is 1. The van der Waals surface area contributed by atoms with Crippen LogP contribution in [-0.2, 0) is 9.53 Å². The van der Waals surface area contributed by atoms with E-state index in [1.807, 2.05) is 0 Å². The van der Waals surface area contributed by atoms with E-state index in [0.717, 1.165) is 0 Å². The number of phenolic OH excluding ortho intramolecular Hbond substituents is 1. The van der Waals surface area contributed by atoms with Gasteiger partial charge in [-0.15, -0.1) is 0 Å². The van der Waals surface area contributed by atoms with Crippen LogP contribution >= 0.6 is 0 Å². The van der Waals surface area contributed by atoms with Crippen LogP contribution in [-0.4, -0.2) is 36.1 Å². The summed E-state index contributed by atoms with van der Waals surface area (Å²) in [5.41, 5.74) is 5.77. The van der Waals surface area contributed by atoms with Crippen molar-refractivity contribution in [1.82, 2.24) is 0 Å². The van der Waals surface area contributed by atoms with Crippen molar-refractivity contribution < 1.29 is 29.0 Å². The molecule has 0 aliphatic carbocycles. The summed E-state index contributed by atoms with van der Waals surface area (Å²) in [7, 11) is 1.43. The van der Waals surface area contributed by atoms with E-state index in [9.17, 15) is 19.5 Å². The number of carbonyl (C=O) groups excluding carboxylic acids is 3. The predicted molar refractivity (Wildman–Crippen MR) is 93.1 cm³/mol. The topological polar surface area (TPSA) is 128 Å². The smallest absolute Gasteiger partial charge is 0.342 e. The minimum atomic E-state index is -1.11. The molecule has 26 heavy (non-hydrogen) atoms. The Hall–Kier alpha value is -3.55. The normalized spacial score (nSPS) is 11.3. The quantitative estimate of drug-likeness (QED) is 0.674. The van der Waals surface area contributed by atoms with Crippen molar-refractivity contribution in [2.75, 3.05) is 12.4 Å². The maximum absolute atomic E-state index is 12.1. The summed E-state index contributed by atoms with van der Waals surface area (Å²) in [5.74, 6) is -1.94. The number of hydrogen-bond donors (Lipinski definition) is 3. The zero-order valence-corrected chi connectivity index (χ0v) is 14.2. The first-order chi connectivity index (χ1) is 12.3. The SMILES string of the molecule is COc1ccc(C(=O)O[C@@H](C)C(=O)Nc2ccc(C(N)=O)cc2)c(O)c1. The van der Waals surface area contributed by atoms with Crippen LogP contribution in [0.5, 0.6) is 11.5 Å². The molecule has 8 nitrogen and oxygen atoms in total. The second-order valence-corrected chi connectivity index (χ2v) is 5.36. The van der Waals surface area contributed by atoms with Gasteiger partial charge in [0, 0.05) is 17.3 Å². The third-order valence-corrected chi connectivity index (χ3v) is 3.51. The summed E-state index contributed by atoms with van der Waals surface area (Å²) in [6.45, 7) is 1.39. The van der Waals surface area contributed by atoms with Crippen LogP contribution in [0.3, 0.4) is 0 Å². The predicted octanol–water partition coefficient (Wildman–Crippen LogP) is 1.68. The minimum Gasteiger partial charge on any atom is -0.507 e. The van der Waals surface area contributed by atoms with Crippen LogP contribution in [0.25, 0.3) is 0 Å². The number of rotatable bonds is 6. The number of anilines is 1. The first-order valence-corrected chi connectivity index (χ1v) is 7.60. The van der Waals surface area contributed by atoms with Gasteiger partial charge in [-0.2, -0.15) is 0 Å².